The summed E-state index contributed by atoms with van der Waals surface area (Å²) < 4.78 is 0. The predicted octanol–water partition coefficient (Wildman–Crippen LogP) is 0.797. The van der Waals surface area contributed by atoms with E-state index in [0.29, 0.717) is 0 Å². The molecule has 1 aromatic heterocycles. The lowest BCUT2D eigenvalue weighted by Gasteiger charge is -2.37. The third-order valence-electron chi connectivity index (χ3n) is 4.21. The van der Waals surface area contributed by atoms with Crippen molar-refractivity contribution in [1.29, 1.82) is 5.26 Å². The Morgan fingerprint density at radius 3 is 2.29 bits per heavy atom. The van der Waals surface area contributed by atoms with Crippen LogP contribution >= 0.6 is 0 Å². The smallest absolute Gasteiger partial charge is 0.225 e. The second kappa shape index (κ2) is 5.57. The summed E-state index contributed by atoms with van der Waals surface area (Å²) in [7, 11) is 1.98. The van der Waals surface area contributed by atoms with Gasteiger partial charge in [-0.3, -0.25) is 0 Å². The van der Waals surface area contributed by atoms with Gasteiger partial charge >= 0.3 is 0 Å². The molecule has 0 bridgehead atoms. The summed E-state index contributed by atoms with van der Waals surface area (Å²) in [6, 6.07) is 12.7. The number of anilines is 1. The van der Waals surface area contributed by atoms with Crippen molar-refractivity contribution in [2.24, 2.45) is 0 Å². The second-order valence-corrected chi connectivity index (χ2v) is 5.61. The molecule has 5 heteroatoms. The molecule has 0 saturated carbocycles. The van der Waals surface area contributed by atoms with E-state index in [1.165, 1.54) is 0 Å². The molecule has 1 saturated heterocycles. The Balaban J connectivity index is 1.77. The van der Waals surface area contributed by atoms with E-state index in [4.69, 9.17) is 0 Å². The summed E-state index contributed by atoms with van der Waals surface area (Å²) in [5.41, 5.74) is 1.81. The van der Waals surface area contributed by atoms with E-state index < -0.39 is 0 Å². The Labute approximate surface area is 125 Å². The summed E-state index contributed by atoms with van der Waals surface area (Å²) in [5.74, 6) is 0.764. The van der Waals surface area contributed by atoms with E-state index in [1.807, 2.05) is 38.4 Å². The van der Waals surface area contributed by atoms with Crippen molar-refractivity contribution in [3.8, 4) is 6.07 Å². The molecule has 3 rings (SSSR count). The van der Waals surface area contributed by atoms with E-state index in [-0.39, 0.29) is 5.41 Å². The molecule has 0 spiro atoms. The highest BCUT2D eigenvalue weighted by atomic mass is 15.2. The van der Waals surface area contributed by atoms with Gasteiger partial charge in [-0.2, -0.15) is 5.26 Å². The van der Waals surface area contributed by atoms with Crippen molar-refractivity contribution in [1.82, 2.24) is 9.97 Å². The standard InChI is InChI=1S/C16H17BN4/c17-14-10-19-15(20-11-14)21-8-6-16(12-18,7-9-21)13-4-2-1-3-5-13/h1-5,10-11H,6-9,17H2. The van der Waals surface area contributed by atoms with Gasteiger partial charge in [-0.05, 0) is 18.4 Å². The second-order valence-electron chi connectivity index (χ2n) is 5.61. The molecule has 0 N–H and O–H groups in total. The summed E-state index contributed by atoms with van der Waals surface area (Å²) in [6.07, 6.45) is 5.30. The summed E-state index contributed by atoms with van der Waals surface area (Å²) in [4.78, 5) is 10.9. The Morgan fingerprint density at radius 1 is 1.10 bits per heavy atom. The first-order valence-electron chi connectivity index (χ1n) is 7.24. The zero-order valence-corrected chi connectivity index (χ0v) is 12.2. The van der Waals surface area contributed by atoms with Crippen LogP contribution in [0.15, 0.2) is 42.7 Å². The van der Waals surface area contributed by atoms with Crippen molar-refractivity contribution in [3.63, 3.8) is 0 Å². The monoisotopic (exact) mass is 276 g/mol. The molecule has 4 nitrogen and oxygen atoms in total. The van der Waals surface area contributed by atoms with Crippen LogP contribution in [-0.2, 0) is 5.41 Å². The average Bonchev–Trinajstić information content (AvgIpc) is 2.56. The number of piperidine rings is 1. The maximum atomic E-state index is 9.69. The quantitative estimate of drug-likeness (QED) is 0.761. The number of aromatic nitrogens is 2. The van der Waals surface area contributed by atoms with E-state index >= 15 is 0 Å². The van der Waals surface area contributed by atoms with Gasteiger partial charge in [0, 0.05) is 25.5 Å². The third kappa shape index (κ3) is 2.62. The normalized spacial score (nSPS) is 17.2. The molecule has 1 fully saturated rings. The van der Waals surface area contributed by atoms with Gasteiger partial charge in [0.25, 0.3) is 0 Å². The van der Waals surface area contributed by atoms with Gasteiger partial charge in [-0.25, -0.2) is 9.97 Å². The number of benzene rings is 1. The van der Waals surface area contributed by atoms with Gasteiger partial charge in [-0.15, -0.1) is 0 Å². The predicted molar refractivity (Wildman–Crippen MR) is 85.4 cm³/mol. The zero-order chi connectivity index (χ0) is 14.7. The van der Waals surface area contributed by atoms with Gasteiger partial charge in [-0.1, -0.05) is 35.8 Å². The Kier molecular flexibility index (Phi) is 3.61. The van der Waals surface area contributed by atoms with Crippen molar-refractivity contribution >= 4 is 19.3 Å². The molecule has 21 heavy (non-hydrogen) atoms. The number of nitrogens with zero attached hydrogens (tertiary/aromatic N) is 4. The van der Waals surface area contributed by atoms with Crippen molar-refractivity contribution < 1.29 is 0 Å². The molecule has 0 aliphatic carbocycles. The molecule has 1 aliphatic heterocycles. The minimum atomic E-state index is -0.373. The fourth-order valence-corrected chi connectivity index (χ4v) is 2.86. The lowest BCUT2D eigenvalue weighted by atomic mass is 9.74. The van der Waals surface area contributed by atoms with Gasteiger partial charge in [0.15, 0.2) is 0 Å². The average molecular weight is 276 g/mol. The van der Waals surface area contributed by atoms with E-state index in [0.717, 1.165) is 42.9 Å². The molecule has 0 unspecified atom stereocenters. The molecular weight excluding hydrogens is 259 g/mol. The maximum absolute atomic E-state index is 9.69. The first-order valence-corrected chi connectivity index (χ1v) is 7.24. The minimum absolute atomic E-state index is 0.373. The van der Waals surface area contributed by atoms with Crippen LogP contribution in [-0.4, -0.2) is 30.9 Å². The van der Waals surface area contributed by atoms with Gasteiger partial charge < -0.3 is 4.90 Å². The van der Waals surface area contributed by atoms with Crippen LogP contribution in [0, 0.1) is 11.3 Å². The SMILES string of the molecule is Bc1cnc(N2CCC(C#N)(c3ccccc3)CC2)nc1. The largest absolute Gasteiger partial charge is 0.341 e. The maximum Gasteiger partial charge on any atom is 0.225 e. The highest BCUT2D eigenvalue weighted by molar-refractivity contribution is 6.31. The third-order valence-corrected chi connectivity index (χ3v) is 4.21. The highest BCUT2D eigenvalue weighted by Crippen LogP contribution is 2.35. The first-order chi connectivity index (χ1) is 10.2. The molecule has 0 atom stereocenters. The summed E-state index contributed by atoms with van der Waals surface area (Å²) in [5, 5.41) is 9.69. The Bertz CT molecular complexity index is 640. The van der Waals surface area contributed by atoms with E-state index in [2.05, 4.69) is 33.1 Å². The van der Waals surface area contributed by atoms with Crippen LogP contribution < -0.4 is 10.4 Å². The first kappa shape index (κ1) is 13.6. The van der Waals surface area contributed by atoms with Crippen LogP contribution in [0.3, 0.4) is 0 Å². The lowest BCUT2D eigenvalue weighted by Crippen LogP contribution is -2.42. The van der Waals surface area contributed by atoms with Crippen LogP contribution in [0.25, 0.3) is 0 Å². The molecule has 0 radical (unpaired) electrons. The van der Waals surface area contributed by atoms with Crippen LogP contribution in [0.2, 0.25) is 0 Å². The van der Waals surface area contributed by atoms with Crippen molar-refractivity contribution in [2.45, 2.75) is 18.3 Å². The molecular formula is C16H17BN4. The molecule has 104 valence electrons. The van der Waals surface area contributed by atoms with Gasteiger partial charge in [0.2, 0.25) is 5.95 Å². The van der Waals surface area contributed by atoms with Crippen LogP contribution in [0.5, 0.6) is 0 Å². The fourth-order valence-electron chi connectivity index (χ4n) is 2.86. The van der Waals surface area contributed by atoms with E-state index in [9.17, 15) is 5.26 Å². The molecule has 0 amide bonds. The van der Waals surface area contributed by atoms with Crippen LogP contribution in [0.1, 0.15) is 18.4 Å². The molecule has 2 heterocycles. The fraction of sp³-hybridized carbons (Fsp3) is 0.312. The number of rotatable bonds is 2. The number of nitriles is 1. The highest BCUT2D eigenvalue weighted by Gasteiger charge is 2.36. The topological polar surface area (TPSA) is 52.8 Å². The van der Waals surface area contributed by atoms with Crippen LogP contribution in [0.4, 0.5) is 5.95 Å². The molecule has 1 aliphatic rings. The zero-order valence-electron chi connectivity index (χ0n) is 12.2. The van der Waals surface area contributed by atoms with Crippen molar-refractivity contribution in [2.75, 3.05) is 18.0 Å². The Hall–Kier alpha value is -2.35. The molecule has 1 aromatic carbocycles. The van der Waals surface area contributed by atoms with Gasteiger partial charge in [0.05, 0.1) is 11.5 Å². The number of hydrogen-bond acceptors (Lipinski definition) is 4. The van der Waals surface area contributed by atoms with Gasteiger partial charge in [0.1, 0.15) is 7.85 Å². The summed E-state index contributed by atoms with van der Waals surface area (Å²) >= 11 is 0. The Morgan fingerprint density at radius 2 is 1.71 bits per heavy atom. The lowest BCUT2D eigenvalue weighted by molar-refractivity contribution is 0.412. The van der Waals surface area contributed by atoms with E-state index in [1.54, 1.807) is 0 Å². The minimum Gasteiger partial charge on any atom is -0.341 e. The number of hydrogen-bond donors (Lipinski definition) is 0. The summed E-state index contributed by atoms with van der Waals surface area (Å²) in [6.45, 7) is 1.62. The molecule has 2 aromatic rings. The van der Waals surface area contributed by atoms with Crippen molar-refractivity contribution in [3.05, 3.63) is 48.3 Å².